The number of rotatable bonds is 4. The highest BCUT2D eigenvalue weighted by Gasteiger charge is 2.14. The van der Waals surface area contributed by atoms with Crippen molar-refractivity contribution in [3.63, 3.8) is 0 Å². The summed E-state index contributed by atoms with van der Waals surface area (Å²) in [6.07, 6.45) is 1.43. The molecule has 0 fully saturated rings. The molecule has 0 saturated carbocycles. The molecule has 0 radical (unpaired) electrons. The predicted molar refractivity (Wildman–Crippen MR) is 95.9 cm³/mol. The largest absolute Gasteiger partial charge is 0.352 e. The molecular formula is C16H12ClN5O2S. The number of aromatic nitrogens is 4. The second kappa shape index (κ2) is 6.30. The molecule has 0 unspecified atom stereocenters. The zero-order chi connectivity index (χ0) is 17.4. The Hall–Kier alpha value is -2.71. The van der Waals surface area contributed by atoms with E-state index in [2.05, 4.69) is 15.4 Å². The van der Waals surface area contributed by atoms with Crippen LogP contribution in [0.2, 0.25) is 5.02 Å². The normalized spacial score (nSPS) is 11.2. The number of amides is 1. The van der Waals surface area contributed by atoms with Crippen LogP contribution in [-0.4, -0.2) is 25.1 Å². The molecule has 1 aromatic carbocycles. The molecule has 0 saturated heterocycles. The lowest BCUT2D eigenvalue weighted by atomic mass is 10.2. The molecule has 7 nitrogen and oxygen atoms in total. The number of thiophene rings is 1. The first-order chi connectivity index (χ1) is 12.1. The average Bonchev–Trinajstić information content (AvgIpc) is 3.20. The highest BCUT2D eigenvalue weighted by atomic mass is 35.5. The van der Waals surface area contributed by atoms with Gasteiger partial charge in [-0.05, 0) is 29.1 Å². The quantitative estimate of drug-likeness (QED) is 0.593. The van der Waals surface area contributed by atoms with Crippen LogP contribution in [0.1, 0.15) is 5.56 Å². The second-order valence-corrected chi connectivity index (χ2v) is 6.77. The van der Waals surface area contributed by atoms with Gasteiger partial charge in [0.1, 0.15) is 12.9 Å². The Morgan fingerprint density at radius 2 is 2.04 bits per heavy atom. The monoisotopic (exact) mass is 373 g/mol. The number of halogens is 1. The van der Waals surface area contributed by atoms with Gasteiger partial charge in [0.05, 0.1) is 10.2 Å². The number of hydrogen-bond donors (Lipinski definition) is 1. The summed E-state index contributed by atoms with van der Waals surface area (Å²) in [5, 5.41) is 9.57. The van der Waals surface area contributed by atoms with Gasteiger partial charge in [-0.3, -0.25) is 4.79 Å². The van der Waals surface area contributed by atoms with E-state index in [1.807, 2.05) is 23.6 Å². The Balaban J connectivity index is 1.53. The molecule has 0 bridgehead atoms. The van der Waals surface area contributed by atoms with Crippen LogP contribution in [0.4, 0.5) is 0 Å². The van der Waals surface area contributed by atoms with Gasteiger partial charge < -0.3 is 5.32 Å². The minimum Gasteiger partial charge on any atom is -0.350 e. The Kier molecular flexibility index (Phi) is 3.98. The molecule has 9 heteroatoms. The topological polar surface area (TPSA) is 81.3 Å². The fraction of sp³-hybridized carbons (Fsp3) is 0.125. The van der Waals surface area contributed by atoms with Gasteiger partial charge in [0.15, 0.2) is 5.65 Å². The summed E-state index contributed by atoms with van der Waals surface area (Å²) < 4.78 is 3.32. The molecule has 0 atom stereocenters. The molecule has 25 heavy (non-hydrogen) atoms. The first-order valence-corrected chi connectivity index (χ1v) is 8.70. The average molecular weight is 374 g/mol. The van der Waals surface area contributed by atoms with Crippen LogP contribution in [0, 0.1) is 0 Å². The van der Waals surface area contributed by atoms with E-state index in [1.54, 1.807) is 12.1 Å². The van der Waals surface area contributed by atoms with E-state index in [9.17, 15) is 9.59 Å². The van der Waals surface area contributed by atoms with Crippen LogP contribution in [0.3, 0.4) is 0 Å². The molecule has 4 aromatic rings. The van der Waals surface area contributed by atoms with Crippen LogP contribution < -0.4 is 11.0 Å². The minimum absolute atomic E-state index is 0.152. The van der Waals surface area contributed by atoms with Gasteiger partial charge in [-0.15, -0.1) is 16.4 Å². The number of carbonyl (C=O) groups excluding carboxylic acids is 1. The third kappa shape index (κ3) is 3.01. The van der Waals surface area contributed by atoms with Crippen molar-refractivity contribution < 1.29 is 4.79 Å². The van der Waals surface area contributed by atoms with Gasteiger partial charge in [0.25, 0.3) is 0 Å². The summed E-state index contributed by atoms with van der Waals surface area (Å²) >= 11 is 7.29. The zero-order valence-corrected chi connectivity index (χ0v) is 14.4. The number of benzene rings is 1. The van der Waals surface area contributed by atoms with Gasteiger partial charge >= 0.3 is 5.69 Å². The summed E-state index contributed by atoms with van der Waals surface area (Å²) in [6.45, 7) is 0.204. The third-order valence-electron chi connectivity index (χ3n) is 3.73. The van der Waals surface area contributed by atoms with E-state index in [4.69, 9.17) is 11.6 Å². The lowest BCUT2D eigenvalue weighted by molar-refractivity contribution is -0.122. The molecule has 4 rings (SSSR count). The zero-order valence-electron chi connectivity index (χ0n) is 12.8. The number of nitrogens with zero attached hydrogens (tertiary/aromatic N) is 4. The van der Waals surface area contributed by atoms with Gasteiger partial charge in [-0.25, -0.2) is 18.9 Å². The molecule has 126 valence electrons. The van der Waals surface area contributed by atoms with E-state index in [-0.39, 0.29) is 18.1 Å². The Morgan fingerprint density at radius 1 is 1.24 bits per heavy atom. The SMILES string of the molecule is O=C(Cn1nc2c3sccc3ncn2c1=O)NCc1ccc(Cl)cc1. The van der Waals surface area contributed by atoms with Gasteiger partial charge in [-0.2, -0.15) is 0 Å². The first kappa shape index (κ1) is 15.8. The fourth-order valence-electron chi connectivity index (χ4n) is 2.47. The smallest absolute Gasteiger partial charge is 0.350 e. The van der Waals surface area contributed by atoms with Crippen LogP contribution in [0.15, 0.2) is 46.8 Å². The maximum absolute atomic E-state index is 12.4. The predicted octanol–water partition coefficient (Wildman–Crippen LogP) is 2.08. The van der Waals surface area contributed by atoms with Gasteiger partial charge in [0, 0.05) is 11.6 Å². The number of carbonyl (C=O) groups is 1. The molecule has 0 aliphatic carbocycles. The van der Waals surface area contributed by atoms with Gasteiger partial charge in [-0.1, -0.05) is 23.7 Å². The van der Waals surface area contributed by atoms with Gasteiger partial charge in [0.2, 0.25) is 5.91 Å². The van der Waals surface area contributed by atoms with Crippen molar-refractivity contribution in [3.8, 4) is 0 Å². The first-order valence-electron chi connectivity index (χ1n) is 7.44. The summed E-state index contributed by atoms with van der Waals surface area (Å²) in [4.78, 5) is 28.7. The van der Waals surface area contributed by atoms with E-state index in [0.717, 1.165) is 20.5 Å². The van der Waals surface area contributed by atoms with Crippen molar-refractivity contribution in [2.45, 2.75) is 13.1 Å². The summed E-state index contributed by atoms with van der Waals surface area (Å²) in [5.74, 6) is -0.296. The highest BCUT2D eigenvalue weighted by Crippen LogP contribution is 2.21. The summed E-state index contributed by atoms with van der Waals surface area (Å²) in [7, 11) is 0. The number of hydrogen-bond acceptors (Lipinski definition) is 5. The van der Waals surface area contributed by atoms with E-state index in [0.29, 0.717) is 17.2 Å². The fourth-order valence-corrected chi connectivity index (χ4v) is 3.41. The van der Waals surface area contributed by atoms with Crippen molar-refractivity contribution in [2.24, 2.45) is 0 Å². The second-order valence-electron chi connectivity index (χ2n) is 5.42. The summed E-state index contributed by atoms with van der Waals surface area (Å²) in [6, 6.07) is 9.05. The number of fused-ring (bicyclic) bond motifs is 3. The highest BCUT2D eigenvalue weighted by molar-refractivity contribution is 7.17. The Labute approximate surface area is 150 Å². The Morgan fingerprint density at radius 3 is 2.84 bits per heavy atom. The molecule has 3 heterocycles. The molecule has 0 aliphatic rings. The standard InChI is InChI=1S/C16H12ClN5O2S/c17-11-3-1-10(2-4-11)7-18-13(23)8-22-16(24)21-9-19-12-5-6-25-14(12)15(21)20-22/h1-6,9H,7-8H2,(H,18,23). The lowest BCUT2D eigenvalue weighted by Crippen LogP contribution is -2.32. The number of nitrogens with one attached hydrogen (secondary N) is 1. The van der Waals surface area contributed by atoms with Crippen molar-refractivity contribution >= 4 is 44.7 Å². The van der Waals surface area contributed by atoms with Crippen molar-refractivity contribution in [3.05, 3.63) is 63.1 Å². The van der Waals surface area contributed by atoms with Crippen LogP contribution >= 0.6 is 22.9 Å². The third-order valence-corrected chi connectivity index (χ3v) is 4.88. The maximum Gasteiger partial charge on any atom is 0.352 e. The molecular weight excluding hydrogens is 362 g/mol. The minimum atomic E-state index is -0.389. The molecule has 3 aromatic heterocycles. The van der Waals surface area contributed by atoms with Crippen LogP contribution in [0.5, 0.6) is 0 Å². The van der Waals surface area contributed by atoms with E-state index < -0.39 is 0 Å². The maximum atomic E-state index is 12.4. The molecule has 0 spiro atoms. The molecule has 1 amide bonds. The van der Waals surface area contributed by atoms with Crippen molar-refractivity contribution in [1.82, 2.24) is 24.5 Å². The van der Waals surface area contributed by atoms with Crippen LogP contribution in [0.25, 0.3) is 15.9 Å². The van der Waals surface area contributed by atoms with E-state index >= 15 is 0 Å². The Bertz CT molecular complexity index is 1130. The summed E-state index contributed by atoms with van der Waals surface area (Å²) in [5.41, 5.74) is 1.82. The van der Waals surface area contributed by atoms with E-state index in [1.165, 1.54) is 22.1 Å². The van der Waals surface area contributed by atoms with Crippen LogP contribution in [-0.2, 0) is 17.9 Å². The van der Waals surface area contributed by atoms with Crippen molar-refractivity contribution in [2.75, 3.05) is 0 Å². The molecule has 1 N–H and O–H groups in total. The molecule has 0 aliphatic heterocycles. The lowest BCUT2D eigenvalue weighted by Gasteiger charge is -2.05. The van der Waals surface area contributed by atoms with Crippen molar-refractivity contribution in [1.29, 1.82) is 0 Å².